The third kappa shape index (κ3) is 3.10. The van der Waals surface area contributed by atoms with E-state index in [2.05, 4.69) is 146 Å². The zero-order valence-electron chi connectivity index (χ0n) is 23.3. The molecule has 10 aromatic rings. The molecule has 0 atom stereocenters. The fraction of sp³-hybridized carbons (Fsp3) is 0. The van der Waals surface area contributed by atoms with Gasteiger partial charge in [0.05, 0.1) is 0 Å². The van der Waals surface area contributed by atoms with Crippen LogP contribution in [0.25, 0.3) is 96.3 Å². The van der Waals surface area contributed by atoms with Crippen molar-refractivity contribution in [2.45, 2.75) is 0 Å². The first-order valence-electron chi connectivity index (χ1n) is 14.9. The van der Waals surface area contributed by atoms with Gasteiger partial charge in [-0.3, -0.25) is 0 Å². The molecule has 0 unspecified atom stereocenters. The second-order valence-electron chi connectivity index (χ2n) is 11.6. The highest BCUT2D eigenvalue weighted by molar-refractivity contribution is 7.27. The molecule has 0 saturated carbocycles. The summed E-state index contributed by atoms with van der Waals surface area (Å²) >= 11 is 1.93. The summed E-state index contributed by atoms with van der Waals surface area (Å²) in [6.07, 6.45) is 0. The lowest BCUT2D eigenvalue weighted by Gasteiger charge is -2.21. The molecule has 0 amide bonds. The van der Waals surface area contributed by atoms with Gasteiger partial charge in [-0.15, -0.1) is 11.3 Å². The second-order valence-corrected chi connectivity index (χ2v) is 12.6. The quantitative estimate of drug-likeness (QED) is 0.146. The summed E-state index contributed by atoms with van der Waals surface area (Å²) in [5.41, 5.74) is 5.18. The largest absolute Gasteiger partial charge is 0.135 e. The summed E-state index contributed by atoms with van der Waals surface area (Å²) in [7, 11) is 0. The molecule has 1 aromatic heterocycles. The highest BCUT2D eigenvalue weighted by Gasteiger charge is 2.22. The Morgan fingerprint density at radius 1 is 0.349 bits per heavy atom. The number of fused-ring (bicyclic) bond motifs is 7. The van der Waals surface area contributed by atoms with Crippen molar-refractivity contribution in [3.05, 3.63) is 146 Å². The molecule has 43 heavy (non-hydrogen) atoms. The molecule has 0 spiro atoms. The summed E-state index contributed by atoms with van der Waals surface area (Å²) in [6.45, 7) is 0. The van der Waals surface area contributed by atoms with Gasteiger partial charge in [-0.2, -0.15) is 0 Å². The van der Waals surface area contributed by atoms with Gasteiger partial charge in [0.2, 0.25) is 0 Å². The zero-order valence-corrected chi connectivity index (χ0v) is 24.1. The van der Waals surface area contributed by atoms with E-state index in [9.17, 15) is 0 Å². The molecule has 0 nitrogen and oxygen atoms in total. The molecule has 0 aliphatic rings. The highest BCUT2D eigenvalue weighted by atomic mass is 32.1. The van der Waals surface area contributed by atoms with E-state index in [0.29, 0.717) is 0 Å². The number of hydrogen-bond donors (Lipinski definition) is 0. The summed E-state index contributed by atoms with van der Waals surface area (Å²) < 4.78 is 2.74. The first kappa shape index (κ1) is 23.3. The van der Waals surface area contributed by atoms with Crippen LogP contribution >= 0.6 is 11.3 Å². The van der Waals surface area contributed by atoms with Crippen molar-refractivity contribution in [3.63, 3.8) is 0 Å². The summed E-state index contributed by atoms with van der Waals surface area (Å²) in [4.78, 5) is 0. The molecule has 0 radical (unpaired) electrons. The van der Waals surface area contributed by atoms with E-state index in [1.165, 1.54) is 96.3 Å². The molecular weight excluding hydrogens is 537 g/mol. The Hall–Kier alpha value is -5.24. The monoisotopic (exact) mass is 560 g/mol. The topological polar surface area (TPSA) is 0 Å². The maximum absolute atomic E-state index is 2.46. The fourth-order valence-electron chi connectivity index (χ4n) is 7.69. The molecular formula is C42H24S. The van der Waals surface area contributed by atoms with E-state index in [0.717, 1.165) is 0 Å². The summed E-state index contributed by atoms with van der Waals surface area (Å²) in [5, 5.41) is 16.0. The number of rotatable bonds is 2. The zero-order chi connectivity index (χ0) is 28.1. The Morgan fingerprint density at radius 3 is 1.65 bits per heavy atom. The third-order valence-electron chi connectivity index (χ3n) is 9.37. The van der Waals surface area contributed by atoms with Crippen LogP contribution in [0.15, 0.2) is 146 Å². The van der Waals surface area contributed by atoms with Gasteiger partial charge in [-0.25, -0.2) is 0 Å². The molecule has 1 heterocycles. The van der Waals surface area contributed by atoms with Gasteiger partial charge in [0.25, 0.3) is 0 Å². The van der Waals surface area contributed by atoms with Gasteiger partial charge in [0.15, 0.2) is 0 Å². The first-order chi connectivity index (χ1) is 21.4. The second kappa shape index (κ2) is 8.64. The SMILES string of the molecule is c1ccc(-c2c3ccccc3c(-c3cc4cccc5c6c7ccccc7sc6c6cccc3c6c45)c3ccccc23)cc1. The van der Waals surface area contributed by atoms with E-state index in [-0.39, 0.29) is 0 Å². The molecule has 0 saturated heterocycles. The first-order valence-corrected chi connectivity index (χ1v) is 15.7. The maximum Gasteiger partial charge on any atom is 0.0440 e. The van der Waals surface area contributed by atoms with Gasteiger partial charge < -0.3 is 0 Å². The maximum atomic E-state index is 2.46. The van der Waals surface area contributed by atoms with Gasteiger partial charge in [0, 0.05) is 25.6 Å². The van der Waals surface area contributed by atoms with Gasteiger partial charge >= 0.3 is 0 Å². The minimum atomic E-state index is 1.25. The van der Waals surface area contributed by atoms with Gasteiger partial charge in [0.1, 0.15) is 0 Å². The van der Waals surface area contributed by atoms with E-state index >= 15 is 0 Å². The Morgan fingerprint density at radius 2 is 0.907 bits per heavy atom. The van der Waals surface area contributed by atoms with Crippen LogP contribution in [-0.4, -0.2) is 0 Å². The predicted molar refractivity (Wildman–Crippen MR) is 189 cm³/mol. The normalized spacial score (nSPS) is 12.2. The average molecular weight is 561 g/mol. The van der Waals surface area contributed by atoms with Crippen LogP contribution in [0.1, 0.15) is 0 Å². The smallest absolute Gasteiger partial charge is 0.0440 e. The van der Waals surface area contributed by atoms with Crippen molar-refractivity contribution < 1.29 is 0 Å². The lowest BCUT2D eigenvalue weighted by Crippen LogP contribution is -1.93. The number of thiophene rings is 1. The molecule has 0 aliphatic heterocycles. The Kier molecular flexibility index (Phi) is 4.69. The molecule has 9 aromatic carbocycles. The van der Waals surface area contributed by atoms with E-state index in [1.54, 1.807) is 0 Å². The lowest BCUT2D eigenvalue weighted by molar-refractivity contribution is 1.67. The summed E-state index contributed by atoms with van der Waals surface area (Å²) in [6, 6.07) is 54.0. The van der Waals surface area contributed by atoms with Gasteiger partial charge in [-0.1, -0.05) is 133 Å². The van der Waals surface area contributed by atoms with Crippen LogP contribution in [-0.2, 0) is 0 Å². The summed E-state index contributed by atoms with van der Waals surface area (Å²) in [5.74, 6) is 0. The van der Waals surface area contributed by atoms with E-state index < -0.39 is 0 Å². The Bertz CT molecular complexity index is 2650. The minimum absolute atomic E-state index is 1.25. The molecule has 0 aliphatic carbocycles. The molecule has 0 N–H and O–H groups in total. The van der Waals surface area contributed by atoms with Crippen molar-refractivity contribution in [2.75, 3.05) is 0 Å². The minimum Gasteiger partial charge on any atom is -0.135 e. The molecule has 198 valence electrons. The highest BCUT2D eigenvalue weighted by Crippen LogP contribution is 2.51. The van der Waals surface area contributed by atoms with Crippen molar-refractivity contribution in [1.29, 1.82) is 0 Å². The third-order valence-corrected chi connectivity index (χ3v) is 10.6. The van der Waals surface area contributed by atoms with E-state index in [4.69, 9.17) is 0 Å². The van der Waals surface area contributed by atoms with Crippen LogP contribution in [0, 0.1) is 0 Å². The predicted octanol–water partition coefficient (Wildman–Crippen LogP) is 12.6. The molecule has 1 heteroatoms. The van der Waals surface area contributed by atoms with Crippen LogP contribution in [0.3, 0.4) is 0 Å². The van der Waals surface area contributed by atoms with Crippen LogP contribution in [0.4, 0.5) is 0 Å². The van der Waals surface area contributed by atoms with Crippen LogP contribution in [0.2, 0.25) is 0 Å². The standard InChI is InChI=1S/C42H24S/c1-2-12-25(13-3-1)37-27-15-4-6-17-29(27)39(30-18-7-5-16-28(30)37)35-24-26-14-10-21-33-38(26)40-31(35)20-11-22-34(40)42-41(33)32-19-8-9-23-36(32)43-42/h1-24H. The van der Waals surface area contributed by atoms with Gasteiger partial charge in [-0.05, 0) is 82.9 Å². The molecule has 0 fully saturated rings. The van der Waals surface area contributed by atoms with Crippen molar-refractivity contribution in [3.8, 4) is 22.3 Å². The lowest BCUT2D eigenvalue weighted by atomic mass is 9.82. The van der Waals surface area contributed by atoms with Crippen LogP contribution in [0.5, 0.6) is 0 Å². The molecule has 10 rings (SSSR count). The number of hydrogen-bond acceptors (Lipinski definition) is 1. The Balaban J connectivity index is 1.44. The van der Waals surface area contributed by atoms with Crippen LogP contribution < -0.4 is 0 Å². The van der Waals surface area contributed by atoms with Crippen molar-refractivity contribution in [1.82, 2.24) is 0 Å². The Labute approximate surface area is 252 Å². The van der Waals surface area contributed by atoms with E-state index in [1.807, 2.05) is 11.3 Å². The average Bonchev–Trinajstić information content (AvgIpc) is 3.47. The molecule has 0 bridgehead atoms. The fourth-order valence-corrected chi connectivity index (χ4v) is 8.94. The van der Waals surface area contributed by atoms with Crippen molar-refractivity contribution in [2.24, 2.45) is 0 Å². The van der Waals surface area contributed by atoms with Crippen molar-refractivity contribution >= 4 is 85.4 Å². The number of benzene rings is 9.